The Hall–Kier alpha value is -2.34. The highest BCUT2D eigenvalue weighted by Crippen LogP contribution is 2.02. The van der Waals surface area contributed by atoms with Gasteiger partial charge in [0.2, 0.25) is 23.6 Å². The molecule has 0 aliphatic rings. The summed E-state index contributed by atoms with van der Waals surface area (Å²) in [6.45, 7) is -1.06. The van der Waals surface area contributed by atoms with Crippen LogP contribution in [-0.4, -0.2) is 71.9 Å². The lowest BCUT2D eigenvalue weighted by Gasteiger charge is -2.20. The quantitative estimate of drug-likeness (QED) is 0.193. The predicted molar refractivity (Wildman–Crippen MR) is 95.0 cm³/mol. The van der Waals surface area contributed by atoms with Crippen LogP contribution in [0.25, 0.3) is 0 Å². The van der Waals surface area contributed by atoms with Crippen molar-refractivity contribution in [1.29, 1.82) is 0 Å². The number of thioether (sulfide) groups is 1. The maximum absolute atomic E-state index is 12.2. The topological polar surface area (TPSA) is 194 Å². The number of amides is 4. The third kappa shape index (κ3) is 11.3. The van der Waals surface area contributed by atoms with Gasteiger partial charge < -0.3 is 32.5 Å². The van der Waals surface area contributed by atoms with E-state index in [0.717, 1.165) is 0 Å². The zero-order chi connectivity index (χ0) is 20.1. The number of rotatable bonds is 13. The van der Waals surface area contributed by atoms with Crippen molar-refractivity contribution in [3.8, 4) is 0 Å². The van der Waals surface area contributed by atoms with Crippen LogP contribution in [0.2, 0.25) is 0 Å². The molecule has 0 spiro atoms. The molecule has 0 radical (unpaired) electrons. The number of aliphatic carboxylic acids is 1. The van der Waals surface area contributed by atoms with Crippen molar-refractivity contribution in [3.05, 3.63) is 0 Å². The Balaban J connectivity index is 4.66. The van der Waals surface area contributed by atoms with E-state index in [1.165, 1.54) is 11.8 Å². The number of primary amides is 1. The average Bonchev–Trinajstić information content (AvgIpc) is 2.58. The van der Waals surface area contributed by atoms with Gasteiger partial charge in [-0.2, -0.15) is 11.8 Å². The summed E-state index contributed by atoms with van der Waals surface area (Å²) in [7, 11) is 0. The lowest BCUT2D eigenvalue weighted by atomic mass is 10.1. The average molecular weight is 391 g/mol. The summed E-state index contributed by atoms with van der Waals surface area (Å²) in [5.41, 5.74) is 10.8. The molecular weight excluding hydrogens is 366 g/mol. The number of carbonyl (C=O) groups is 5. The standard InChI is InChI=1S/C14H25N5O6S/c1-26-5-4-8(15)13(24)19-9(2-3-10(16)20)14(25)18-6-11(21)17-7-12(22)23/h8-9H,2-7,15H2,1H3,(H2,16,20)(H,17,21)(H,18,25)(H,19,24)(H,22,23)/t8-,9-/m0/s1. The maximum atomic E-state index is 12.2. The van der Waals surface area contributed by atoms with Gasteiger partial charge in [-0.25, -0.2) is 0 Å². The fourth-order valence-electron chi connectivity index (χ4n) is 1.74. The van der Waals surface area contributed by atoms with Gasteiger partial charge in [-0.3, -0.25) is 24.0 Å². The van der Waals surface area contributed by atoms with E-state index in [-0.39, 0.29) is 12.8 Å². The fourth-order valence-corrected chi connectivity index (χ4v) is 2.23. The van der Waals surface area contributed by atoms with Gasteiger partial charge in [-0.05, 0) is 24.9 Å². The second-order valence-electron chi connectivity index (χ2n) is 5.34. The Kier molecular flexibility index (Phi) is 11.8. The van der Waals surface area contributed by atoms with Gasteiger partial charge in [0.25, 0.3) is 0 Å². The highest BCUT2D eigenvalue weighted by atomic mass is 32.2. The number of hydrogen-bond donors (Lipinski definition) is 6. The van der Waals surface area contributed by atoms with Crippen LogP contribution < -0.4 is 27.4 Å². The number of carbonyl (C=O) groups excluding carboxylic acids is 4. The van der Waals surface area contributed by atoms with Gasteiger partial charge in [0.1, 0.15) is 12.6 Å². The monoisotopic (exact) mass is 391 g/mol. The smallest absolute Gasteiger partial charge is 0.322 e. The molecule has 0 rings (SSSR count). The van der Waals surface area contributed by atoms with E-state index < -0.39 is 54.8 Å². The Morgan fingerprint density at radius 2 is 1.69 bits per heavy atom. The maximum Gasteiger partial charge on any atom is 0.322 e. The van der Waals surface area contributed by atoms with E-state index in [1.807, 2.05) is 6.26 Å². The molecule has 0 fully saturated rings. The zero-order valence-corrected chi connectivity index (χ0v) is 15.3. The van der Waals surface area contributed by atoms with Gasteiger partial charge in [0, 0.05) is 6.42 Å². The van der Waals surface area contributed by atoms with Crippen LogP contribution in [0.3, 0.4) is 0 Å². The van der Waals surface area contributed by atoms with Crippen molar-refractivity contribution in [1.82, 2.24) is 16.0 Å². The summed E-state index contributed by atoms with van der Waals surface area (Å²) in [6, 6.07) is -1.91. The van der Waals surface area contributed by atoms with Crippen LogP contribution in [0.15, 0.2) is 0 Å². The van der Waals surface area contributed by atoms with E-state index in [9.17, 15) is 24.0 Å². The molecule has 0 aliphatic heterocycles. The Morgan fingerprint density at radius 1 is 1.04 bits per heavy atom. The van der Waals surface area contributed by atoms with Crippen molar-refractivity contribution in [2.75, 3.05) is 25.1 Å². The van der Waals surface area contributed by atoms with Crippen molar-refractivity contribution in [3.63, 3.8) is 0 Å². The Labute approximate surface area is 155 Å². The molecule has 4 amide bonds. The second-order valence-corrected chi connectivity index (χ2v) is 6.33. The number of carboxylic acids is 1. The van der Waals surface area contributed by atoms with Crippen molar-refractivity contribution >= 4 is 41.4 Å². The zero-order valence-electron chi connectivity index (χ0n) is 14.4. The van der Waals surface area contributed by atoms with E-state index in [0.29, 0.717) is 12.2 Å². The van der Waals surface area contributed by atoms with Crippen LogP contribution in [-0.2, 0) is 24.0 Å². The van der Waals surface area contributed by atoms with Crippen molar-refractivity contribution in [2.24, 2.45) is 11.5 Å². The van der Waals surface area contributed by atoms with Crippen molar-refractivity contribution in [2.45, 2.75) is 31.3 Å². The van der Waals surface area contributed by atoms with E-state index in [1.54, 1.807) is 0 Å². The minimum absolute atomic E-state index is 0.0566. The van der Waals surface area contributed by atoms with E-state index in [4.69, 9.17) is 16.6 Å². The largest absolute Gasteiger partial charge is 0.480 e. The molecule has 0 bridgehead atoms. The molecule has 0 saturated heterocycles. The molecule has 8 N–H and O–H groups in total. The third-order valence-corrected chi connectivity index (χ3v) is 3.79. The van der Waals surface area contributed by atoms with Crippen LogP contribution >= 0.6 is 11.8 Å². The Bertz CT molecular complexity index is 530. The lowest BCUT2D eigenvalue weighted by Crippen LogP contribution is -2.53. The molecular formula is C14H25N5O6S. The molecule has 12 heteroatoms. The highest BCUT2D eigenvalue weighted by molar-refractivity contribution is 7.98. The SMILES string of the molecule is CSCC[C@H](N)C(=O)N[C@@H](CCC(N)=O)C(=O)NCC(=O)NCC(=O)O. The van der Waals surface area contributed by atoms with Crippen LogP contribution in [0, 0.1) is 0 Å². The summed E-state index contributed by atoms with van der Waals surface area (Å²) < 4.78 is 0. The van der Waals surface area contributed by atoms with Gasteiger partial charge in [-0.1, -0.05) is 0 Å². The summed E-state index contributed by atoms with van der Waals surface area (Å²) in [5.74, 6) is -3.19. The number of nitrogens with one attached hydrogen (secondary N) is 3. The van der Waals surface area contributed by atoms with E-state index >= 15 is 0 Å². The summed E-state index contributed by atoms with van der Waals surface area (Å²) in [4.78, 5) is 56.9. The predicted octanol–water partition coefficient (Wildman–Crippen LogP) is -2.87. The molecule has 11 nitrogen and oxygen atoms in total. The molecule has 0 heterocycles. The molecule has 0 aliphatic carbocycles. The molecule has 2 atom stereocenters. The van der Waals surface area contributed by atoms with Crippen molar-refractivity contribution < 1.29 is 29.1 Å². The third-order valence-electron chi connectivity index (χ3n) is 3.14. The van der Waals surface area contributed by atoms with Crippen LogP contribution in [0.5, 0.6) is 0 Å². The molecule has 0 unspecified atom stereocenters. The van der Waals surface area contributed by atoms with Crippen LogP contribution in [0.1, 0.15) is 19.3 Å². The summed E-state index contributed by atoms with van der Waals surface area (Å²) >= 11 is 1.52. The molecule has 148 valence electrons. The first-order valence-corrected chi connectivity index (χ1v) is 9.16. The first-order chi connectivity index (χ1) is 12.2. The first-order valence-electron chi connectivity index (χ1n) is 7.76. The van der Waals surface area contributed by atoms with Gasteiger partial charge in [0.15, 0.2) is 0 Å². The molecule has 0 aromatic heterocycles. The normalized spacial score (nSPS) is 12.5. The summed E-state index contributed by atoms with van der Waals surface area (Å²) in [6.07, 6.45) is 2.07. The highest BCUT2D eigenvalue weighted by Gasteiger charge is 2.24. The molecule has 26 heavy (non-hydrogen) atoms. The summed E-state index contributed by atoms with van der Waals surface area (Å²) in [5, 5.41) is 15.2. The molecule has 0 aromatic rings. The first kappa shape index (κ1) is 23.7. The van der Waals surface area contributed by atoms with Gasteiger partial charge in [-0.15, -0.1) is 0 Å². The number of hydrogen-bond acceptors (Lipinski definition) is 7. The second kappa shape index (κ2) is 12.9. The minimum atomic E-state index is -1.23. The lowest BCUT2D eigenvalue weighted by molar-refractivity contribution is -0.138. The molecule has 0 aromatic carbocycles. The minimum Gasteiger partial charge on any atom is -0.480 e. The number of nitrogens with two attached hydrogens (primary N) is 2. The fraction of sp³-hybridized carbons (Fsp3) is 0.643. The van der Waals surface area contributed by atoms with Gasteiger partial charge in [0.05, 0.1) is 12.6 Å². The van der Waals surface area contributed by atoms with Crippen LogP contribution in [0.4, 0.5) is 0 Å². The Morgan fingerprint density at radius 3 is 2.23 bits per heavy atom. The van der Waals surface area contributed by atoms with Gasteiger partial charge >= 0.3 is 5.97 Å². The molecule has 0 saturated carbocycles. The van der Waals surface area contributed by atoms with E-state index in [2.05, 4.69) is 16.0 Å². The number of carboxylic acid groups (broad SMARTS) is 1.